The second-order valence-corrected chi connectivity index (χ2v) is 6.77. The Balaban J connectivity index is 2.87. The average molecular weight is 346 g/mol. The van der Waals surface area contributed by atoms with E-state index >= 15 is 0 Å². The summed E-state index contributed by atoms with van der Waals surface area (Å²) in [5.74, 6) is 0.175. The highest BCUT2D eigenvalue weighted by atomic mass is 35.5. The lowest BCUT2D eigenvalue weighted by Crippen LogP contribution is -2.42. The number of aliphatic hydroxyl groups is 1. The molecule has 124 valence electrons. The number of halogens is 2. The van der Waals surface area contributed by atoms with Gasteiger partial charge in [-0.15, -0.1) is 0 Å². The molecule has 0 saturated heterocycles. The summed E-state index contributed by atoms with van der Waals surface area (Å²) in [6.07, 6.45) is 2.18. The summed E-state index contributed by atoms with van der Waals surface area (Å²) in [5, 5.41) is 10.1. The van der Waals surface area contributed by atoms with Gasteiger partial charge in [0.2, 0.25) is 0 Å². The summed E-state index contributed by atoms with van der Waals surface area (Å²) in [6, 6.07) is 5.18. The van der Waals surface area contributed by atoms with E-state index in [1.807, 2.05) is 27.0 Å². The van der Waals surface area contributed by atoms with Gasteiger partial charge in [-0.25, -0.2) is 0 Å². The topological polar surface area (TPSA) is 40.5 Å². The molecule has 0 radical (unpaired) electrons. The number of aliphatic hydroxyl groups excluding tert-OH is 1. The standard InChI is InChI=1S/C17H25Cl2NO2/c1-12(2)17(22)16(20(3)8-4-5-9-21)10-13-6-7-14(18)11-15(13)19/h6-7,11-12,16,21H,4-5,8-10H2,1-3H3. The Kier molecular flexibility index (Phi) is 8.40. The van der Waals surface area contributed by atoms with E-state index in [0.29, 0.717) is 16.5 Å². The van der Waals surface area contributed by atoms with Crippen molar-refractivity contribution in [2.45, 2.75) is 39.2 Å². The molecule has 1 rings (SSSR count). The van der Waals surface area contributed by atoms with E-state index < -0.39 is 0 Å². The fourth-order valence-electron chi connectivity index (χ4n) is 2.38. The first-order valence-corrected chi connectivity index (χ1v) is 8.41. The molecular formula is C17H25Cl2NO2. The lowest BCUT2D eigenvalue weighted by atomic mass is 9.94. The monoisotopic (exact) mass is 345 g/mol. The van der Waals surface area contributed by atoms with Crippen LogP contribution < -0.4 is 0 Å². The highest BCUT2D eigenvalue weighted by Crippen LogP contribution is 2.24. The SMILES string of the molecule is CC(C)C(=O)C(Cc1ccc(Cl)cc1Cl)N(C)CCCCO. The first kappa shape index (κ1) is 19.4. The molecule has 0 saturated carbocycles. The number of likely N-dealkylation sites (N-methyl/N-ethyl adjacent to an activating group) is 1. The second kappa shape index (κ2) is 9.51. The number of nitrogens with zero attached hydrogens (tertiary/aromatic N) is 1. The maximum Gasteiger partial charge on any atom is 0.152 e. The van der Waals surface area contributed by atoms with Gasteiger partial charge >= 0.3 is 0 Å². The molecule has 1 unspecified atom stereocenters. The number of hydrogen-bond donors (Lipinski definition) is 1. The van der Waals surface area contributed by atoms with Crippen molar-refractivity contribution in [2.24, 2.45) is 5.92 Å². The van der Waals surface area contributed by atoms with Crippen LogP contribution in [0.5, 0.6) is 0 Å². The number of hydrogen-bond acceptors (Lipinski definition) is 3. The highest BCUT2D eigenvalue weighted by Gasteiger charge is 2.26. The molecule has 1 aromatic carbocycles. The fourth-order valence-corrected chi connectivity index (χ4v) is 2.87. The molecule has 1 aromatic rings. The lowest BCUT2D eigenvalue weighted by Gasteiger charge is -2.28. The van der Waals surface area contributed by atoms with Gasteiger partial charge in [0.25, 0.3) is 0 Å². The molecule has 0 aliphatic rings. The average Bonchev–Trinajstić information content (AvgIpc) is 2.45. The number of ketones is 1. The zero-order valence-corrected chi connectivity index (χ0v) is 15.0. The third-order valence-electron chi connectivity index (χ3n) is 3.78. The van der Waals surface area contributed by atoms with Gasteiger partial charge in [0, 0.05) is 22.6 Å². The molecule has 3 nitrogen and oxygen atoms in total. The first-order chi connectivity index (χ1) is 10.4. The van der Waals surface area contributed by atoms with Crippen molar-refractivity contribution in [1.82, 2.24) is 4.90 Å². The molecule has 0 aromatic heterocycles. The summed E-state index contributed by atoms with van der Waals surface area (Å²) in [4.78, 5) is 14.6. The van der Waals surface area contributed by atoms with Gasteiger partial charge in [0.05, 0.1) is 6.04 Å². The molecule has 0 spiro atoms. The number of carbonyl (C=O) groups excluding carboxylic acids is 1. The van der Waals surface area contributed by atoms with Crippen molar-refractivity contribution < 1.29 is 9.90 Å². The Morgan fingerprint density at radius 3 is 2.50 bits per heavy atom. The summed E-state index contributed by atoms with van der Waals surface area (Å²) in [6.45, 7) is 4.79. The molecule has 0 aliphatic carbocycles. The van der Waals surface area contributed by atoms with Gasteiger partial charge in [-0.2, -0.15) is 0 Å². The van der Waals surface area contributed by atoms with Crippen molar-refractivity contribution in [3.63, 3.8) is 0 Å². The second-order valence-electron chi connectivity index (χ2n) is 5.92. The lowest BCUT2D eigenvalue weighted by molar-refractivity contribution is -0.126. The maximum atomic E-state index is 12.5. The van der Waals surface area contributed by atoms with Crippen molar-refractivity contribution in [3.8, 4) is 0 Å². The number of Topliss-reactive ketones (excluding diaryl/α,β-unsaturated/α-hetero) is 1. The van der Waals surface area contributed by atoms with E-state index in [2.05, 4.69) is 4.90 Å². The smallest absolute Gasteiger partial charge is 0.152 e. The van der Waals surface area contributed by atoms with Crippen LogP contribution in [0.25, 0.3) is 0 Å². The highest BCUT2D eigenvalue weighted by molar-refractivity contribution is 6.35. The van der Waals surface area contributed by atoms with Gasteiger partial charge in [-0.3, -0.25) is 9.69 Å². The quantitative estimate of drug-likeness (QED) is 0.691. The predicted molar refractivity (Wildman–Crippen MR) is 92.7 cm³/mol. The minimum Gasteiger partial charge on any atom is -0.396 e. The van der Waals surface area contributed by atoms with E-state index in [1.54, 1.807) is 12.1 Å². The number of benzene rings is 1. The van der Waals surface area contributed by atoms with Gasteiger partial charge in [-0.05, 0) is 50.6 Å². The van der Waals surface area contributed by atoms with E-state index in [1.165, 1.54) is 0 Å². The van der Waals surface area contributed by atoms with Gasteiger partial charge in [-0.1, -0.05) is 43.1 Å². The van der Waals surface area contributed by atoms with Gasteiger partial charge in [0.1, 0.15) is 0 Å². The Morgan fingerprint density at radius 1 is 1.27 bits per heavy atom. The van der Waals surface area contributed by atoms with Crippen molar-refractivity contribution in [3.05, 3.63) is 33.8 Å². The molecule has 0 aliphatic heterocycles. The summed E-state index contributed by atoms with van der Waals surface area (Å²) < 4.78 is 0. The van der Waals surface area contributed by atoms with Crippen LogP contribution in [0.1, 0.15) is 32.3 Å². The minimum absolute atomic E-state index is 0.0311. The van der Waals surface area contributed by atoms with E-state index in [9.17, 15) is 4.79 Å². The summed E-state index contributed by atoms with van der Waals surface area (Å²) in [7, 11) is 1.95. The van der Waals surface area contributed by atoms with Crippen LogP contribution in [-0.2, 0) is 11.2 Å². The molecular weight excluding hydrogens is 321 g/mol. The molecule has 0 bridgehead atoms. The first-order valence-electron chi connectivity index (χ1n) is 7.65. The zero-order chi connectivity index (χ0) is 16.7. The van der Waals surface area contributed by atoms with Crippen molar-refractivity contribution >= 4 is 29.0 Å². The summed E-state index contributed by atoms with van der Waals surface area (Å²) >= 11 is 12.2. The normalized spacial score (nSPS) is 12.9. The van der Waals surface area contributed by atoms with Crippen molar-refractivity contribution in [1.29, 1.82) is 0 Å². The predicted octanol–water partition coefficient (Wildman–Crippen LogP) is 3.83. The van der Waals surface area contributed by atoms with E-state index in [-0.39, 0.29) is 24.3 Å². The zero-order valence-electron chi connectivity index (χ0n) is 13.5. The molecule has 0 heterocycles. The fraction of sp³-hybridized carbons (Fsp3) is 0.588. The van der Waals surface area contributed by atoms with E-state index in [0.717, 1.165) is 24.9 Å². The van der Waals surface area contributed by atoms with Crippen LogP contribution in [0.2, 0.25) is 10.0 Å². The molecule has 1 atom stereocenters. The van der Waals surface area contributed by atoms with Crippen LogP contribution in [0.15, 0.2) is 18.2 Å². The number of carbonyl (C=O) groups is 1. The number of rotatable bonds is 9. The van der Waals surface area contributed by atoms with Crippen LogP contribution in [0, 0.1) is 5.92 Å². The Morgan fingerprint density at radius 2 is 1.95 bits per heavy atom. The van der Waals surface area contributed by atoms with E-state index in [4.69, 9.17) is 28.3 Å². The maximum absolute atomic E-state index is 12.5. The van der Waals surface area contributed by atoms with Crippen LogP contribution in [-0.4, -0.2) is 42.0 Å². The van der Waals surface area contributed by atoms with Crippen LogP contribution in [0.3, 0.4) is 0 Å². The Labute approximate surface area is 143 Å². The third kappa shape index (κ3) is 5.88. The van der Waals surface area contributed by atoms with Crippen LogP contribution >= 0.6 is 23.2 Å². The number of unbranched alkanes of at least 4 members (excludes halogenated alkanes) is 1. The molecule has 5 heteroatoms. The molecule has 0 amide bonds. The van der Waals surface area contributed by atoms with Crippen molar-refractivity contribution in [2.75, 3.05) is 20.2 Å². The van der Waals surface area contributed by atoms with Crippen LogP contribution in [0.4, 0.5) is 0 Å². The third-order valence-corrected chi connectivity index (χ3v) is 4.36. The molecule has 22 heavy (non-hydrogen) atoms. The Bertz CT molecular complexity index is 492. The molecule has 1 N–H and O–H groups in total. The van der Waals surface area contributed by atoms with Gasteiger partial charge in [0.15, 0.2) is 5.78 Å². The minimum atomic E-state index is -0.211. The summed E-state index contributed by atoms with van der Waals surface area (Å²) in [5.41, 5.74) is 0.930. The Hall–Kier alpha value is -0.610. The largest absolute Gasteiger partial charge is 0.396 e. The van der Waals surface area contributed by atoms with Gasteiger partial charge < -0.3 is 5.11 Å². The molecule has 0 fully saturated rings.